The van der Waals surface area contributed by atoms with Crippen LogP contribution in [-0.4, -0.2) is 55.1 Å². The summed E-state index contributed by atoms with van der Waals surface area (Å²) in [6, 6.07) is 0.889. The minimum absolute atomic E-state index is 0.815. The van der Waals surface area contributed by atoms with Gasteiger partial charge in [0.15, 0.2) is 0 Å². The molecule has 2 saturated heterocycles. The van der Waals surface area contributed by atoms with Crippen molar-refractivity contribution in [1.82, 2.24) is 9.80 Å². The normalized spacial score (nSPS) is 34.6. The Hall–Kier alpha value is -0.120. The van der Waals surface area contributed by atoms with Gasteiger partial charge >= 0.3 is 0 Å². The molecule has 116 valence electrons. The zero-order chi connectivity index (χ0) is 13.8. The summed E-state index contributed by atoms with van der Waals surface area (Å²) in [6.45, 7) is 7.62. The van der Waals surface area contributed by atoms with Crippen molar-refractivity contribution in [1.29, 1.82) is 0 Å². The molecule has 3 rings (SSSR count). The Morgan fingerprint density at radius 2 is 1.45 bits per heavy atom. The number of nitrogens with zero attached hydrogens (tertiary/aromatic N) is 2. The highest BCUT2D eigenvalue weighted by Crippen LogP contribution is 2.32. The lowest BCUT2D eigenvalue weighted by atomic mass is 9.93. The molecular weight excluding hydrogens is 246 g/mol. The van der Waals surface area contributed by atoms with E-state index < -0.39 is 0 Å². The molecule has 0 aromatic carbocycles. The van der Waals surface area contributed by atoms with E-state index in [2.05, 4.69) is 9.80 Å². The lowest BCUT2D eigenvalue weighted by Crippen LogP contribution is -2.47. The van der Waals surface area contributed by atoms with Crippen LogP contribution in [0.5, 0.6) is 0 Å². The van der Waals surface area contributed by atoms with Crippen molar-refractivity contribution in [3.8, 4) is 0 Å². The molecule has 3 heteroatoms. The average Bonchev–Trinajstić information content (AvgIpc) is 2.96. The minimum Gasteiger partial charge on any atom is -0.330 e. The number of nitrogens with two attached hydrogens (primary N) is 1. The zero-order valence-corrected chi connectivity index (χ0v) is 13.1. The third kappa shape index (κ3) is 3.55. The number of likely N-dealkylation sites (tertiary alicyclic amines) is 2. The molecule has 20 heavy (non-hydrogen) atoms. The van der Waals surface area contributed by atoms with E-state index in [9.17, 15) is 0 Å². The Kier molecular flexibility index (Phi) is 5.36. The first-order valence-electron chi connectivity index (χ1n) is 9.03. The molecule has 2 heterocycles. The summed E-state index contributed by atoms with van der Waals surface area (Å²) in [7, 11) is 0. The van der Waals surface area contributed by atoms with Crippen LogP contribution in [0.1, 0.15) is 51.4 Å². The first-order valence-corrected chi connectivity index (χ1v) is 9.03. The van der Waals surface area contributed by atoms with Crippen LogP contribution in [0.3, 0.4) is 0 Å². The van der Waals surface area contributed by atoms with E-state index in [4.69, 9.17) is 5.73 Å². The standard InChI is InChI=1S/C17H33N3/c18-13-15-5-4-6-16(15)14-19-11-7-17(8-12-19)20-9-2-1-3-10-20/h15-17H,1-14,18H2. The zero-order valence-electron chi connectivity index (χ0n) is 13.1. The summed E-state index contributed by atoms with van der Waals surface area (Å²) < 4.78 is 0. The number of hydrogen-bond donors (Lipinski definition) is 1. The molecule has 0 spiro atoms. The SMILES string of the molecule is NCC1CCCC1CN1CCC(N2CCCCC2)CC1. The van der Waals surface area contributed by atoms with E-state index in [0.717, 1.165) is 24.4 Å². The molecule has 3 nitrogen and oxygen atoms in total. The van der Waals surface area contributed by atoms with E-state index in [1.165, 1.54) is 84.1 Å². The lowest BCUT2D eigenvalue weighted by Gasteiger charge is -2.41. The van der Waals surface area contributed by atoms with Gasteiger partial charge in [0, 0.05) is 12.6 Å². The van der Waals surface area contributed by atoms with Crippen LogP contribution >= 0.6 is 0 Å². The molecule has 2 atom stereocenters. The van der Waals surface area contributed by atoms with Crippen molar-refractivity contribution in [2.45, 2.75) is 57.4 Å². The van der Waals surface area contributed by atoms with Gasteiger partial charge < -0.3 is 15.5 Å². The van der Waals surface area contributed by atoms with Gasteiger partial charge in [0.2, 0.25) is 0 Å². The smallest absolute Gasteiger partial charge is 0.0120 e. The summed E-state index contributed by atoms with van der Waals surface area (Å²) in [6.07, 6.45) is 11.3. The first-order chi connectivity index (χ1) is 9.86. The summed E-state index contributed by atoms with van der Waals surface area (Å²) in [5, 5.41) is 0. The van der Waals surface area contributed by atoms with Crippen LogP contribution in [0.15, 0.2) is 0 Å². The average molecular weight is 279 g/mol. The first kappa shape index (κ1) is 14.8. The molecule has 0 aromatic heterocycles. The molecule has 0 aromatic rings. The minimum atomic E-state index is 0.815. The molecule has 2 aliphatic heterocycles. The molecule has 3 fully saturated rings. The summed E-state index contributed by atoms with van der Waals surface area (Å²) >= 11 is 0. The molecule has 3 aliphatic rings. The van der Waals surface area contributed by atoms with Gasteiger partial charge in [0.05, 0.1) is 0 Å². The van der Waals surface area contributed by atoms with E-state index in [1.807, 2.05) is 0 Å². The number of hydrogen-bond acceptors (Lipinski definition) is 3. The van der Waals surface area contributed by atoms with Crippen molar-refractivity contribution in [2.24, 2.45) is 17.6 Å². The summed E-state index contributed by atoms with van der Waals surface area (Å²) in [4.78, 5) is 5.51. The van der Waals surface area contributed by atoms with Gasteiger partial charge in [0.1, 0.15) is 0 Å². The number of piperidine rings is 2. The van der Waals surface area contributed by atoms with Crippen LogP contribution in [-0.2, 0) is 0 Å². The van der Waals surface area contributed by atoms with E-state index in [1.54, 1.807) is 0 Å². The highest BCUT2D eigenvalue weighted by atomic mass is 15.2. The Morgan fingerprint density at radius 1 is 0.750 bits per heavy atom. The second kappa shape index (κ2) is 7.24. The highest BCUT2D eigenvalue weighted by molar-refractivity contribution is 4.85. The van der Waals surface area contributed by atoms with Gasteiger partial charge in [-0.3, -0.25) is 0 Å². The molecule has 1 saturated carbocycles. The number of rotatable bonds is 4. The molecule has 0 amide bonds. The molecule has 2 unspecified atom stereocenters. The van der Waals surface area contributed by atoms with E-state index >= 15 is 0 Å². The Morgan fingerprint density at radius 3 is 2.15 bits per heavy atom. The Labute approximate surface area is 124 Å². The molecule has 1 aliphatic carbocycles. The van der Waals surface area contributed by atoms with Crippen molar-refractivity contribution < 1.29 is 0 Å². The second-order valence-corrected chi connectivity index (χ2v) is 7.32. The van der Waals surface area contributed by atoms with Crippen molar-refractivity contribution >= 4 is 0 Å². The van der Waals surface area contributed by atoms with Crippen molar-refractivity contribution in [3.05, 3.63) is 0 Å². The van der Waals surface area contributed by atoms with Crippen molar-refractivity contribution in [3.63, 3.8) is 0 Å². The third-order valence-corrected chi connectivity index (χ3v) is 6.08. The van der Waals surface area contributed by atoms with Crippen LogP contribution in [0.2, 0.25) is 0 Å². The fourth-order valence-corrected chi connectivity index (χ4v) is 4.75. The topological polar surface area (TPSA) is 32.5 Å². The van der Waals surface area contributed by atoms with Gasteiger partial charge in [-0.25, -0.2) is 0 Å². The fraction of sp³-hybridized carbons (Fsp3) is 1.00. The Bertz CT molecular complexity index is 280. The van der Waals surface area contributed by atoms with E-state index in [-0.39, 0.29) is 0 Å². The van der Waals surface area contributed by atoms with Gasteiger partial charge in [-0.2, -0.15) is 0 Å². The maximum Gasteiger partial charge on any atom is 0.0120 e. The van der Waals surface area contributed by atoms with Gasteiger partial charge in [-0.1, -0.05) is 12.8 Å². The van der Waals surface area contributed by atoms with Crippen LogP contribution in [0.25, 0.3) is 0 Å². The maximum atomic E-state index is 5.92. The molecular formula is C17H33N3. The lowest BCUT2D eigenvalue weighted by molar-refractivity contribution is 0.0820. The largest absolute Gasteiger partial charge is 0.330 e. The second-order valence-electron chi connectivity index (χ2n) is 7.32. The predicted octanol–water partition coefficient (Wildman–Crippen LogP) is 2.31. The molecule has 0 bridgehead atoms. The fourth-order valence-electron chi connectivity index (χ4n) is 4.75. The van der Waals surface area contributed by atoms with E-state index in [0.29, 0.717) is 0 Å². The molecule has 2 N–H and O–H groups in total. The summed E-state index contributed by atoms with van der Waals surface area (Å²) in [5.74, 6) is 1.71. The summed E-state index contributed by atoms with van der Waals surface area (Å²) in [5.41, 5.74) is 5.92. The monoisotopic (exact) mass is 279 g/mol. The third-order valence-electron chi connectivity index (χ3n) is 6.08. The van der Waals surface area contributed by atoms with Crippen LogP contribution in [0.4, 0.5) is 0 Å². The highest BCUT2D eigenvalue weighted by Gasteiger charge is 2.30. The quantitative estimate of drug-likeness (QED) is 0.857. The molecule has 0 radical (unpaired) electrons. The van der Waals surface area contributed by atoms with Gasteiger partial charge in [0.25, 0.3) is 0 Å². The van der Waals surface area contributed by atoms with Crippen molar-refractivity contribution in [2.75, 3.05) is 39.3 Å². The van der Waals surface area contributed by atoms with Crippen LogP contribution in [0, 0.1) is 11.8 Å². The Balaban J connectivity index is 1.41. The van der Waals surface area contributed by atoms with Crippen LogP contribution < -0.4 is 5.73 Å². The van der Waals surface area contributed by atoms with Gasteiger partial charge in [-0.05, 0) is 83.1 Å². The van der Waals surface area contributed by atoms with Gasteiger partial charge in [-0.15, -0.1) is 0 Å². The maximum absolute atomic E-state index is 5.92. The predicted molar refractivity (Wildman–Crippen MR) is 84.8 cm³/mol.